The predicted molar refractivity (Wildman–Crippen MR) is 72.9 cm³/mol. The summed E-state index contributed by atoms with van der Waals surface area (Å²) in [5, 5.41) is 4.62. The van der Waals surface area contributed by atoms with E-state index in [9.17, 15) is 4.79 Å². The zero-order valence-corrected chi connectivity index (χ0v) is 11.4. The number of hydrogen-bond acceptors (Lipinski definition) is 4. The van der Waals surface area contributed by atoms with Crippen molar-refractivity contribution in [1.29, 1.82) is 0 Å². The van der Waals surface area contributed by atoms with Crippen LogP contribution in [-0.4, -0.2) is 15.7 Å². The molecule has 0 aliphatic carbocycles. The average Bonchev–Trinajstić information content (AvgIpc) is 2.61. The van der Waals surface area contributed by atoms with Gasteiger partial charge in [0, 0.05) is 18.3 Å². The van der Waals surface area contributed by atoms with Crippen molar-refractivity contribution in [2.24, 2.45) is 7.05 Å². The van der Waals surface area contributed by atoms with E-state index >= 15 is 0 Å². The van der Waals surface area contributed by atoms with E-state index in [1.165, 1.54) is 0 Å². The van der Waals surface area contributed by atoms with Crippen LogP contribution in [0.3, 0.4) is 0 Å². The van der Waals surface area contributed by atoms with Gasteiger partial charge < -0.3 is 10.5 Å². The largest absolute Gasteiger partial charge is 0.457 e. The Kier molecular flexibility index (Phi) is 3.76. The lowest BCUT2D eigenvalue weighted by atomic mass is 10.2. The molecule has 0 saturated heterocycles. The van der Waals surface area contributed by atoms with Crippen molar-refractivity contribution in [2.45, 2.75) is 13.5 Å². The molecule has 1 aromatic carbocycles. The monoisotopic (exact) mass is 279 g/mol. The van der Waals surface area contributed by atoms with Gasteiger partial charge in [-0.2, -0.15) is 5.10 Å². The van der Waals surface area contributed by atoms with E-state index in [4.69, 9.17) is 22.1 Å². The number of benzene rings is 1. The Labute approximate surface area is 115 Å². The van der Waals surface area contributed by atoms with Crippen LogP contribution in [0.2, 0.25) is 5.15 Å². The molecule has 100 valence electrons. The number of ether oxygens (including phenoxy) is 1. The van der Waals surface area contributed by atoms with E-state index in [2.05, 4.69) is 5.10 Å². The van der Waals surface area contributed by atoms with Gasteiger partial charge in [0.25, 0.3) is 0 Å². The highest BCUT2D eigenvalue weighted by atomic mass is 35.5. The van der Waals surface area contributed by atoms with Crippen LogP contribution < -0.4 is 5.73 Å². The number of hydrogen-bond donors (Lipinski definition) is 1. The minimum atomic E-state index is -0.438. The fraction of sp³-hybridized carbons (Fsp3) is 0.231. The molecule has 5 nitrogen and oxygen atoms in total. The van der Waals surface area contributed by atoms with Gasteiger partial charge in [0.05, 0.1) is 11.3 Å². The smallest absolute Gasteiger partial charge is 0.338 e. The lowest BCUT2D eigenvalue weighted by molar-refractivity contribution is 0.0472. The summed E-state index contributed by atoms with van der Waals surface area (Å²) in [6.45, 7) is 1.90. The molecule has 2 N–H and O–H groups in total. The fourth-order valence-electron chi connectivity index (χ4n) is 1.72. The number of carbonyl (C=O) groups is 1. The van der Waals surface area contributed by atoms with Gasteiger partial charge in [-0.25, -0.2) is 4.79 Å². The molecule has 0 bridgehead atoms. The lowest BCUT2D eigenvalue weighted by Crippen LogP contribution is -2.06. The van der Waals surface area contributed by atoms with Gasteiger partial charge in [-0.05, 0) is 25.1 Å². The molecule has 1 heterocycles. The van der Waals surface area contributed by atoms with E-state index in [0.29, 0.717) is 22.0 Å². The number of aromatic nitrogens is 2. The van der Waals surface area contributed by atoms with Crippen LogP contribution in [0.1, 0.15) is 21.6 Å². The Balaban J connectivity index is 2.09. The van der Waals surface area contributed by atoms with Crippen molar-refractivity contribution in [3.63, 3.8) is 0 Å². The number of rotatable bonds is 3. The van der Waals surface area contributed by atoms with E-state index in [0.717, 1.165) is 5.69 Å². The van der Waals surface area contributed by atoms with Crippen molar-refractivity contribution < 1.29 is 9.53 Å². The Morgan fingerprint density at radius 1 is 1.53 bits per heavy atom. The number of esters is 1. The Morgan fingerprint density at radius 2 is 2.26 bits per heavy atom. The Bertz CT molecular complexity index is 622. The second kappa shape index (κ2) is 5.32. The van der Waals surface area contributed by atoms with Crippen molar-refractivity contribution in [3.8, 4) is 0 Å². The molecule has 2 rings (SSSR count). The van der Waals surface area contributed by atoms with Gasteiger partial charge in [0.15, 0.2) is 0 Å². The first kappa shape index (κ1) is 13.4. The highest BCUT2D eigenvalue weighted by Gasteiger charge is 2.14. The summed E-state index contributed by atoms with van der Waals surface area (Å²) >= 11 is 6.06. The van der Waals surface area contributed by atoms with E-state index in [1.807, 2.05) is 6.92 Å². The quantitative estimate of drug-likeness (QED) is 0.691. The third-order valence-electron chi connectivity index (χ3n) is 2.74. The van der Waals surface area contributed by atoms with Crippen LogP contribution in [0.15, 0.2) is 24.3 Å². The fourth-order valence-corrected chi connectivity index (χ4v) is 1.95. The molecule has 0 atom stereocenters. The molecular weight excluding hydrogens is 266 g/mol. The second-order valence-corrected chi connectivity index (χ2v) is 4.54. The number of nitrogen functional groups attached to an aromatic ring is 1. The second-order valence-electron chi connectivity index (χ2n) is 4.18. The summed E-state index contributed by atoms with van der Waals surface area (Å²) in [4.78, 5) is 11.9. The van der Waals surface area contributed by atoms with Crippen LogP contribution in [-0.2, 0) is 18.4 Å². The zero-order chi connectivity index (χ0) is 14.0. The Morgan fingerprint density at radius 3 is 2.84 bits per heavy atom. The van der Waals surface area contributed by atoms with Gasteiger partial charge in [0.1, 0.15) is 11.8 Å². The summed E-state index contributed by atoms with van der Waals surface area (Å²) in [5.41, 5.74) is 8.00. The standard InChI is InChI=1S/C13H14ClN3O2/c1-8-11(12(14)17(2)16-8)7-19-13(18)9-4-3-5-10(15)6-9/h3-6H,7,15H2,1-2H3. The molecule has 2 aromatic rings. The zero-order valence-electron chi connectivity index (χ0n) is 10.7. The van der Waals surface area contributed by atoms with Crippen LogP contribution in [0, 0.1) is 6.92 Å². The molecule has 6 heteroatoms. The molecule has 0 spiro atoms. The van der Waals surface area contributed by atoms with Gasteiger partial charge in [-0.1, -0.05) is 17.7 Å². The molecule has 0 aliphatic rings. The number of anilines is 1. The summed E-state index contributed by atoms with van der Waals surface area (Å²) < 4.78 is 6.75. The van der Waals surface area contributed by atoms with E-state index in [-0.39, 0.29) is 6.61 Å². The first-order valence-electron chi connectivity index (χ1n) is 5.69. The third-order valence-corrected chi connectivity index (χ3v) is 3.21. The van der Waals surface area contributed by atoms with Crippen molar-refractivity contribution >= 4 is 23.3 Å². The minimum Gasteiger partial charge on any atom is -0.457 e. The number of nitrogens with zero attached hydrogens (tertiary/aromatic N) is 2. The number of carbonyl (C=O) groups excluding carboxylic acids is 1. The first-order chi connectivity index (χ1) is 8.99. The molecule has 19 heavy (non-hydrogen) atoms. The molecule has 0 fully saturated rings. The molecule has 0 aliphatic heterocycles. The van der Waals surface area contributed by atoms with Crippen LogP contribution >= 0.6 is 11.6 Å². The summed E-state index contributed by atoms with van der Waals surface area (Å²) in [5.74, 6) is -0.438. The average molecular weight is 280 g/mol. The molecule has 0 radical (unpaired) electrons. The van der Waals surface area contributed by atoms with Crippen molar-refractivity contribution in [2.75, 3.05) is 5.73 Å². The van der Waals surface area contributed by atoms with Crippen molar-refractivity contribution in [3.05, 3.63) is 46.2 Å². The minimum absolute atomic E-state index is 0.0894. The Hall–Kier alpha value is -2.01. The maximum absolute atomic E-state index is 11.9. The third kappa shape index (κ3) is 2.88. The first-order valence-corrected chi connectivity index (χ1v) is 6.07. The van der Waals surface area contributed by atoms with Crippen LogP contribution in [0.25, 0.3) is 0 Å². The number of nitrogens with two attached hydrogens (primary N) is 1. The maximum atomic E-state index is 11.9. The normalized spacial score (nSPS) is 10.5. The van der Waals surface area contributed by atoms with E-state index in [1.54, 1.807) is 36.0 Å². The molecular formula is C13H14ClN3O2. The van der Waals surface area contributed by atoms with Crippen molar-refractivity contribution in [1.82, 2.24) is 9.78 Å². The van der Waals surface area contributed by atoms with E-state index < -0.39 is 5.97 Å². The highest BCUT2D eigenvalue weighted by Crippen LogP contribution is 2.20. The van der Waals surface area contributed by atoms with Gasteiger partial charge in [-0.3, -0.25) is 4.68 Å². The topological polar surface area (TPSA) is 70.1 Å². The van der Waals surface area contributed by atoms with Gasteiger partial charge in [-0.15, -0.1) is 0 Å². The lowest BCUT2D eigenvalue weighted by Gasteiger charge is -2.05. The number of halogens is 1. The summed E-state index contributed by atoms with van der Waals surface area (Å²) in [7, 11) is 1.73. The van der Waals surface area contributed by atoms with Gasteiger partial charge >= 0.3 is 5.97 Å². The summed E-state index contributed by atoms with van der Waals surface area (Å²) in [6, 6.07) is 6.63. The van der Waals surface area contributed by atoms with Gasteiger partial charge in [0.2, 0.25) is 0 Å². The summed E-state index contributed by atoms with van der Waals surface area (Å²) in [6.07, 6.45) is 0. The maximum Gasteiger partial charge on any atom is 0.338 e. The molecule has 0 unspecified atom stereocenters. The highest BCUT2D eigenvalue weighted by molar-refractivity contribution is 6.30. The molecule has 0 saturated carbocycles. The molecule has 1 aromatic heterocycles. The van der Waals surface area contributed by atoms with Crippen LogP contribution in [0.4, 0.5) is 5.69 Å². The predicted octanol–water partition coefficient (Wildman–Crippen LogP) is 2.32. The number of aryl methyl sites for hydroxylation is 2. The SMILES string of the molecule is Cc1nn(C)c(Cl)c1COC(=O)c1cccc(N)c1. The molecule has 0 amide bonds. The van der Waals surface area contributed by atoms with Crippen LogP contribution in [0.5, 0.6) is 0 Å².